The summed E-state index contributed by atoms with van der Waals surface area (Å²) in [5, 5.41) is 4.23. The van der Waals surface area contributed by atoms with E-state index in [1.54, 1.807) is 18.7 Å². The van der Waals surface area contributed by atoms with Gasteiger partial charge in [-0.1, -0.05) is 72.3 Å². The highest BCUT2D eigenvalue weighted by Crippen LogP contribution is 2.45. The van der Waals surface area contributed by atoms with Crippen molar-refractivity contribution in [3.63, 3.8) is 0 Å². The third kappa shape index (κ3) is 2.75. The zero-order chi connectivity index (χ0) is 23.6. The second-order valence-corrected chi connectivity index (χ2v) is 8.87. The maximum Gasteiger partial charge on any atom is 0.331 e. The summed E-state index contributed by atoms with van der Waals surface area (Å²) in [7, 11) is 3.29. The number of aromatic nitrogens is 3. The van der Waals surface area contributed by atoms with Gasteiger partial charge in [-0.2, -0.15) is 0 Å². The van der Waals surface area contributed by atoms with Crippen molar-refractivity contribution in [2.45, 2.75) is 13.0 Å². The zero-order valence-electron chi connectivity index (χ0n) is 19.2. The summed E-state index contributed by atoms with van der Waals surface area (Å²) in [5.41, 5.74) is 6.77. The van der Waals surface area contributed by atoms with Gasteiger partial charge in [-0.25, -0.2) is 4.79 Å². The van der Waals surface area contributed by atoms with Crippen LogP contribution >= 0.6 is 0 Å². The lowest BCUT2D eigenvalue weighted by Crippen LogP contribution is -2.37. The smallest absolute Gasteiger partial charge is 0.331 e. The molecule has 168 valence electrons. The van der Waals surface area contributed by atoms with Crippen LogP contribution in [0, 0.1) is 6.92 Å². The molecule has 0 fully saturated rings. The molecule has 34 heavy (non-hydrogen) atoms. The number of rotatable bonds is 2. The van der Waals surface area contributed by atoms with Crippen molar-refractivity contribution in [3.8, 4) is 16.9 Å². The standard InChI is InChI=1S/C28H24N4O2/c1-17-10-9-13-19(16-17)23-26-25-22(27(33)31(3)28(34)30(25)2)24(18-11-5-4-6-12-18)32(26)21-15-8-7-14-20(21)29-23/h4-16,23,29H,1-3H3. The molecule has 0 radical (unpaired) electrons. The van der Waals surface area contributed by atoms with Crippen LogP contribution in [-0.2, 0) is 14.1 Å². The number of hydrogen-bond donors (Lipinski definition) is 1. The van der Waals surface area contributed by atoms with Gasteiger partial charge in [0, 0.05) is 14.1 Å². The predicted octanol–water partition coefficient (Wildman–Crippen LogP) is 4.52. The molecule has 0 amide bonds. The summed E-state index contributed by atoms with van der Waals surface area (Å²) in [4.78, 5) is 26.7. The molecule has 0 aliphatic carbocycles. The molecule has 1 unspecified atom stereocenters. The first-order valence-corrected chi connectivity index (χ1v) is 11.3. The molecule has 1 atom stereocenters. The fourth-order valence-corrected chi connectivity index (χ4v) is 5.19. The van der Waals surface area contributed by atoms with Gasteiger partial charge in [0.25, 0.3) is 5.56 Å². The molecule has 0 bridgehead atoms. The van der Waals surface area contributed by atoms with E-state index in [1.807, 2.05) is 54.6 Å². The number of nitrogens with one attached hydrogen (secondary N) is 1. The van der Waals surface area contributed by atoms with Gasteiger partial charge in [0.2, 0.25) is 0 Å². The van der Waals surface area contributed by atoms with Crippen LogP contribution < -0.4 is 16.6 Å². The Bertz CT molecular complexity index is 1710. The lowest BCUT2D eigenvalue weighted by atomic mass is 9.98. The Hall–Kier alpha value is -4.32. The van der Waals surface area contributed by atoms with Crippen molar-refractivity contribution in [2.75, 3.05) is 5.32 Å². The van der Waals surface area contributed by atoms with E-state index in [0.717, 1.165) is 39.5 Å². The summed E-state index contributed by atoms with van der Waals surface area (Å²) in [6.45, 7) is 2.07. The molecule has 0 saturated heterocycles. The van der Waals surface area contributed by atoms with Gasteiger partial charge >= 0.3 is 5.69 Å². The maximum atomic E-state index is 13.6. The van der Waals surface area contributed by atoms with Crippen molar-refractivity contribution >= 4 is 16.6 Å². The van der Waals surface area contributed by atoms with Gasteiger partial charge in [0.15, 0.2) is 0 Å². The first-order chi connectivity index (χ1) is 16.5. The molecule has 5 aromatic rings. The van der Waals surface area contributed by atoms with Crippen LogP contribution in [0.5, 0.6) is 0 Å². The molecule has 0 spiro atoms. The minimum Gasteiger partial charge on any atom is -0.371 e. The van der Waals surface area contributed by atoms with Crippen LogP contribution in [0.25, 0.3) is 27.8 Å². The van der Waals surface area contributed by atoms with Crippen LogP contribution in [0.15, 0.2) is 88.5 Å². The van der Waals surface area contributed by atoms with E-state index >= 15 is 0 Å². The molecule has 1 N–H and O–H groups in total. The lowest BCUT2D eigenvalue weighted by molar-refractivity contribution is 0.708. The number of fused-ring (bicyclic) bond motifs is 5. The summed E-state index contributed by atoms with van der Waals surface area (Å²) in [6, 6.07) is 26.1. The summed E-state index contributed by atoms with van der Waals surface area (Å²) in [6.07, 6.45) is 0. The Kier molecular flexibility index (Phi) is 4.39. The largest absolute Gasteiger partial charge is 0.371 e. The summed E-state index contributed by atoms with van der Waals surface area (Å²) < 4.78 is 4.97. The van der Waals surface area contributed by atoms with E-state index in [-0.39, 0.29) is 17.3 Å². The molecular formula is C28H24N4O2. The number of anilines is 1. The number of para-hydroxylation sites is 2. The molecule has 2 aromatic heterocycles. The van der Waals surface area contributed by atoms with Crippen molar-refractivity contribution in [1.29, 1.82) is 0 Å². The minimum atomic E-state index is -0.340. The number of benzene rings is 3. The Balaban J connectivity index is 1.87. The second kappa shape index (κ2) is 7.35. The molecule has 1 aliphatic heterocycles. The Morgan fingerprint density at radius 1 is 0.824 bits per heavy atom. The number of aryl methyl sites for hydroxylation is 2. The fraction of sp³-hybridized carbons (Fsp3) is 0.143. The quantitative estimate of drug-likeness (QED) is 0.432. The van der Waals surface area contributed by atoms with Crippen molar-refractivity contribution in [1.82, 2.24) is 13.7 Å². The highest BCUT2D eigenvalue weighted by atomic mass is 16.2. The molecule has 3 aromatic carbocycles. The lowest BCUT2D eigenvalue weighted by Gasteiger charge is -2.31. The molecular weight excluding hydrogens is 424 g/mol. The monoisotopic (exact) mass is 448 g/mol. The van der Waals surface area contributed by atoms with Crippen LogP contribution in [-0.4, -0.2) is 13.7 Å². The highest BCUT2D eigenvalue weighted by molar-refractivity contribution is 5.99. The van der Waals surface area contributed by atoms with E-state index in [9.17, 15) is 9.59 Å². The van der Waals surface area contributed by atoms with Gasteiger partial charge < -0.3 is 9.88 Å². The predicted molar refractivity (Wildman–Crippen MR) is 136 cm³/mol. The average molecular weight is 449 g/mol. The van der Waals surface area contributed by atoms with Gasteiger partial charge in [0.05, 0.1) is 39.7 Å². The number of hydrogen-bond acceptors (Lipinski definition) is 3. The van der Waals surface area contributed by atoms with E-state index in [1.165, 1.54) is 4.57 Å². The normalized spacial score (nSPS) is 14.5. The Morgan fingerprint density at radius 3 is 2.32 bits per heavy atom. The molecule has 1 aliphatic rings. The van der Waals surface area contributed by atoms with Gasteiger partial charge in [0.1, 0.15) is 0 Å². The minimum absolute atomic E-state index is 0.243. The van der Waals surface area contributed by atoms with E-state index in [2.05, 4.69) is 41.1 Å². The highest BCUT2D eigenvalue weighted by Gasteiger charge is 2.34. The van der Waals surface area contributed by atoms with Crippen LogP contribution in [0.3, 0.4) is 0 Å². The van der Waals surface area contributed by atoms with Crippen molar-refractivity contribution in [3.05, 3.63) is 117 Å². The maximum absolute atomic E-state index is 13.6. The fourth-order valence-electron chi connectivity index (χ4n) is 5.19. The molecule has 6 nitrogen and oxygen atoms in total. The first-order valence-electron chi connectivity index (χ1n) is 11.3. The first kappa shape index (κ1) is 20.3. The van der Waals surface area contributed by atoms with Crippen molar-refractivity contribution < 1.29 is 0 Å². The molecule has 3 heterocycles. The topological polar surface area (TPSA) is 61.0 Å². The SMILES string of the molecule is Cc1cccc(C2Nc3ccccc3-n3c(-c4ccccc4)c4c(=O)n(C)c(=O)n(C)c4c32)c1. The molecule has 0 saturated carbocycles. The van der Waals surface area contributed by atoms with Gasteiger partial charge in [-0.05, 0) is 30.2 Å². The summed E-state index contributed by atoms with van der Waals surface area (Å²) in [5.74, 6) is 0. The van der Waals surface area contributed by atoms with Gasteiger partial charge in [-0.15, -0.1) is 0 Å². The third-order valence-corrected chi connectivity index (χ3v) is 6.75. The number of nitrogens with zero attached hydrogens (tertiary/aromatic N) is 3. The Morgan fingerprint density at radius 2 is 1.56 bits per heavy atom. The van der Waals surface area contributed by atoms with Crippen molar-refractivity contribution in [2.24, 2.45) is 14.1 Å². The summed E-state index contributed by atoms with van der Waals surface area (Å²) >= 11 is 0. The molecule has 6 rings (SSSR count). The van der Waals surface area contributed by atoms with E-state index < -0.39 is 0 Å². The van der Waals surface area contributed by atoms with Crippen LogP contribution in [0.4, 0.5) is 5.69 Å². The molecule has 6 heteroatoms. The van der Waals surface area contributed by atoms with Crippen LogP contribution in [0.1, 0.15) is 22.9 Å². The van der Waals surface area contributed by atoms with E-state index in [4.69, 9.17) is 0 Å². The third-order valence-electron chi connectivity index (χ3n) is 6.75. The van der Waals surface area contributed by atoms with E-state index in [0.29, 0.717) is 10.9 Å². The average Bonchev–Trinajstić information content (AvgIpc) is 3.23. The zero-order valence-corrected chi connectivity index (χ0v) is 19.2. The Labute approximate surface area is 196 Å². The second-order valence-electron chi connectivity index (χ2n) is 8.87. The van der Waals surface area contributed by atoms with Crippen LogP contribution in [0.2, 0.25) is 0 Å². The van der Waals surface area contributed by atoms with Gasteiger partial charge in [-0.3, -0.25) is 13.9 Å².